The maximum atomic E-state index is 12.1. The number of anilines is 3. The summed E-state index contributed by atoms with van der Waals surface area (Å²) in [6.07, 6.45) is 5.27. The van der Waals surface area contributed by atoms with Gasteiger partial charge in [0.25, 0.3) is 0 Å². The van der Waals surface area contributed by atoms with Crippen LogP contribution in [0.5, 0.6) is 0 Å². The molecule has 2 fully saturated rings. The minimum Gasteiger partial charge on any atom is -0.356 e. The first-order chi connectivity index (χ1) is 10.2. The lowest BCUT2D eigenvalue weighted by atomic mass is 10.2. The minimum absolute atomic E-state index is 0.123. The first kappa shape index (κ1) is 12.9. The van der Waals surface area contributed by atoms with Crippen LogP contribution < -0.4 is 14.7 Å². The van der Waals surface area contributed by atoms with Crippen LogP contribution in [0.2, 0.25) is 0 Å². The predicted molar refractivity (Wildman–Crippen MR) is 82.0 cm³/mol. The lowest BCUT2D eigenvalue weighted by Gasteiger charge is -2.23. The molecule has 0 aliphatic carbocycles. The summed E-state index contributed by atoms with van der Waals surface area (Å²) in [5.74, 6) is 2.74. The van der Waals surface area contributed by atoms with Gasteiger partial charge in [-0.05, 0) is 25.7 Å². The number of likely N-dealkylation sites (N-methyl/N-ethyl adjacent to an activating group) is 1. The van der Waals surface area contributed by atoms with Gasteiger partial charge in [-0.2, -0.15) is 9.97 Å². The van der Waals surface area contributed by atoms with Gasteiger partial charge in [0.15, 0.2) is 0 Å². The molecule has 1 aromatic heterocycles. The molecule has 1 aromatic rings. The van der Waals surface area contributed by atoms with Crippen LogP contribution in [0.25, 0.3) is 0 Å². The van der Waals surface area contributed by atoms with Crippen LogP contribution in [0, 0.1) is 0 Å². The van der Waals surface area contributed by atoms with Crippen molar-refractivity contribution in [2.75, 3.05) is 47.9 Å². The summed E-state index contributed by atoms with van der Waals surface area (Å²) in [4.78, 5) is 27.9. The molecule has 0 radical (unpaired) electrons. The van der Waals surface area contributed by atoms with Crippen LogP contribution in [-0.4, -0.2) is 49.1 Å². The molecule has 4 heterocycles. The second kappa shape index (κ2) is 4.86. The topological polar surface area (TPSA) is 52.6 Å². The predicted octanol–water partition coefficient (Wildman–Crippen LogP) is 1.20. The molecule has 6 heteroatoms. The Balaban J connectivity index is 1.80. The molecule has 0 spiro atoms. The van der Waals surface area contributed by atoms with Crippen molar-refractivity contribution in [1.82, 2.24) is 9.97 Å². The summed E-state index contributed by atoms with van der Waals surface area (Å²) in [5, 5.41) is 0. The van der Waals surface area contributed by atoms with E-state index in [1.54, 1.807) is 4.90 Å². The molecular weight excluding hydrogens is 266 g/mol. The van der Waals surface area contributed by atoms with Crippen molar-refractivity contribution in [3.8, 4) is 0 Å². The standard InChI is InChI=1S/C15H21N5O/c1-18-12(21)10-11-13(18)16-15(20-8-4-5-9-20)17-14(11)19-6-2-3-7-19/h2-10H2,1H3. The average Bonchev–Trinajstić information content (AvgIpc) is 3.22. The van der Waals surface area contributed by atoms with Gasteiger partial charge in [0.2, 0.25) is 11.9 Å². The van der Waals surface area contributed by atoms with Crippen LogP contribution >= 0.6 is 0 Å². The Morgan fingerprint density at radius 3 is 2.10 bits per heavy atom. The van der Waals surface area contributed by atoms with Crippen LogP contribution in [-0.2, 0) is 11.2 Å². The van der Waals surface area contributed by atoms with Gasteiger partial charge in [0.1, 0.15) is 11.6 Å². The molecule has 6 nitrogen and oxygen atoms in total. The van der Waals surface area contributed by atoms with E-state index in [0.717, 1.165) is 49.3 Å². The number of fused-ring (bicyclic) bond motifs is 1. The number of amides is 1. The summed E-state index contributed by atoms with van der Waals surface area (Å²) >= 11 is 0. The fourth-order valence-corrected chi connectivity index (χ4v) is 3.52. The molecule has 4 rings (SSSR count). The van der Waals surface area contributed by atoms with E-state index < -0.39 is 0 Å². The Kier molecular flexibility index (Phi) is 2.97. The van der Waals surface area contributed by atoms with Crippen LogP contribution in [0.15, 0.2) is 0 Å². The number of hydrogen-bond acceptors (Lipinski definition) is 5. The number of aromatic nitrogens is 2. The summed E-state index contributed by atoms with van der Waals surface area (Å²) in [7, 11) is 1.82. The van der Waals surface area contributed by atoms with E-state index >= 15 is 0 Å². The fraction of sp³-hybridized carbons (Fsp3) is 0.667. The summed E-state index contributed by atoms with van der Waals surface area (Å²) < 4.78 is 0. The maximum Gasteiger partial charge on any atom is 0.232 e. The zero-order chi connectivity index (χ0) is 14.4. The van der Waals surface area contributed by atoms with Gasteiger partial charge in [0, 0.05) is 38.8 Å². The van der Waals surface area contributed by atoms with E-state index in [2.05, 4.69) is 9.80 Å². The third-order valence-corrected chi connectivity index (χ3v) is 4.77. The quantitative estimate of drug-likeness (QED) is 0.818. The highest BCUT2D eigenvalue weighted by atomic mass is 16.2. The van der Waals surface area contributed by atoms with Gasteiger partial charge in [-0.3, -0.25) is 9.69 Å². The Labute approximate surface area is 124 Å². The molecular formula is C15H21N5O. The summed E-state index contributed by atoms with van der Waals surface area (Å²) in [5.41, 5.74) is 1.02. The normalized spacial score (nSPS) is 21.6. The van der Waals surface area contributed by atoms with E-state index in [4.69, 9.17) is 9.97 Å². The first-order valence-electron chi connectivity index (χ1n) is 7.91. The van der Waals surface area contributed by atoms with E-state index in [9.17, 15) is 4.79 Å². The Morgan fingerprint density at radius 1 is 0.857 bits per heavy atom. The SMILES string of the molecule is CN1C(=O)Cc2c(N3CCCC3)nc(N3CCCC3)nc21. The molecule has 0 atom stereocenters. The third-order valence-electron chi connectivity index (χ3n) is 4.77. The lowest BCUT2D eigenvalue weighted by molar-refractivity contribution is -0.117. The monoisotopic (exact) mass is 287 g/mol. The number of carbonyl (C=O) groups excluding carboxylic acids is 1. The van der Waals surface area contributed by atoms with Crippen molar-refractivity contribution in [1.29, 1.82) is 0 Å². The Morgan fingerprint density at radius 2 is 1.43 bits per heavy atom. The third kappa shape index (κ3) is 2.04. The van der Waals surface area contributed by atoms with E-state index in [-0.39, 0.29) is 5.91 Å². The second-order valence-electron chi connectivity index (χ2n) is 6.17. The Bertz CT molecular complexity index is 576. The smallest absolute Gasteiger partial charge is 0.232 e. The van der Waals surface area contributed by atoms with Crippen molar-refractivity contribution >= 4 is 23.5 Å². The highest BCUT2D eigenvalue weighted by molar-refractivity contribution is 6.01. The first-order valence-corrected chi connectivity index (χ1v) is 7.91. The fourth-order valence-electron chi connectivity index (χ4n) is 3.52. The molecule has 2 saturated heterocycles. The zero-order valence-electron chi connectivity index (χ0n) is 12.5. The van der Waals surface area contributed by atoms with Crippen molar-refractivity contribution in [2.24, 2.45) is 0 Å². The van der Waals surface area contributed by atoms with Gasteiger partial charge < -0.3 is 9.80 Å². The molecule has 112 valence electrons. The number of rotatable bonds is 2. The van der Waals surface area contributed by atoms with Crippen molar-refractivity contribution in [3.63, 3.8) is 0 Å². The molecule has 21 heavy (non-hydrogen) atoms. The van der Waals surface area contributed by atoms with Crippen molar-refractivity contribution < 1.29 is 4.79 Å². The lowest BCUT2D eigenvalue weighted by Crippen LogP contribution is -2.26. The van der Waals surface area contributed by atoms with E-state index in [1.807, 2.05) is 7.05 Å². The van der Waals surface area contributed by atoms with Gasteiger partial charge in [-0.15, -0.1) is 0 Å². The number of hydrogen-bond donors (Lipinski definition) is 0. The van der Waals surface area contributed by atoms with Crippen molar-refractivity contribution in [2.45, 2.75) is 32.1 Å². The molecule has 0 unspecified atom stereocenters. The number of carbonyl (C=O) groups is 1. The summed E-state index contributed by atoms with van der Waals surface area (Å²) in [6, 6.07) is 0. The minimum atomic E-state index is 0.123. The van der Waals surface area contributed by atoms with Crippen LogP contribution in [0.3, 0.4) is 0 Å². The number of nitrogens with zero attached hydrogens (tertiary/aromatic N) is 5. The maximum absolute atomic E-state index is 12.1. The van der Waals surface area contributed by atoms with Crippen molar-refractivity contribution in [3.05, 3.63) is 5.56 Å². The molecule has 3 aliphatic rings. The largest absolute Gasteiger partial charge is 0.356 e. The van der Waals surface area contributed by atoms with Gasteiger partial charge in [-0.25, -0.2) is 0 Å². The summed E-state index contributed by atoms with van der Waals surface area (Å²) in [6.45, 7) is 4.13. The molecule has 3 aliphatic heterocycles. The highest BCUT2D eigenvalue weighted by Gasteiger charge is 2.33. The Hall–Kier alpha value is -1.85. The van der Waals surface area contributed by atoms with E-state index in [0.29, 0.717) is 6.42 Å². The molecule has 0 aromatic carbocycles. The highest BCUT2D eigenvalue weighted by Crippen LogP contribution is 2.36. The molecule has 0 saturated carbocycles. The zero-order valence-corrected chi connectivity index (χ0v) is 12.5. The van der Waals surface area contributed by atoms with Gasteiger partial charge in [0.05, 0.1) is 6.42 Å². The van der Waals surface area contributed by atoms with Crippen LogP contribution in [0.4, 0.5) is 17.6 Å². The average molecular weight is 287 g/mol. The van der Waals surface area contributed by atoms with Gasteiger partial charge in [-0.1, -0.05) is 0 Å². The molecule has 1 amide bonds. The molecule has 0 N–H and O–H groups in total. The van der Waals surface area contributed by atoms with Gasteiger partial charge >= 0.3 is 0 Å². The van der Waals surface area contributed by atoms with Crippen LogP contribution in [0.1, 0.15) is 31.2 Å². The van der Waals surface area contributed by atoms with E-state index in [1.165, 1.54) is 25.7 Å². The molecule has 0 bridgehead atoms. The second-order valence-corrected chi connectivity index (χ2v) is 6.17.